The van der Waals surface area contributed by atoms with Crippen molar-refractivity contribution in [3.05, 3.63) is 65.9 Å². The van der Waals surface area contributed by atoms with Crippen LogP contribution in [0.3, 0.4) is 0 Å². The Morgan fingerprint density at radius 2 is 1.95 bits per heavy atom. The number of nitrogens with two attached hydrogens (primary N) is 1. The van der Waals surface area contributed by atoms with Gasteiger partial charge in [0.05, 0.1) is 17.4 Å². The van der Waals surface area contributed by atoms with Crippen molar-refractivity contribution < 1.29 is 4.79 Å². The van der Waals surface area contributed by atoms with Crippen molar-refractivity contribution in [3.8, 4) is 0 Å². The lowest BCUT2D eigenvalue weighted by Gasteiger charge is -2.07. The second-order valence-electron chi connectivity index (χ2n) is 4.94. The van der Waals surface area contributed by atoms with Gasteiger partial charge in [-0.05, 0) is 36.8 Å². The van der Waals surface area contributed by atoms with Gasteiger partial charge in [0.15, 0.2) is 0 Å². The number of nitrogen functional groups attached to an aromatic ring is 1. The maximum absolute atomic E-state index is 12.2. The Balaban J connectivity index is 1.87. The van der Waals surface area contributed by atoms with E-state index in [4.69, 9.17) is 5.73 Å². The van der Waals surface area contributed by atoms with E-state index in [0.29, 0.717) is 16.9 Å². The molecule has 0 radical (unpaired) electrons. The molecule has 0 unspecified atom stereocenters. The summed E-state index contributed by atoms with van der Waals surface area (Å²) < 4.78 is 0. The van der Waals surface area contributed by atoms with Gasteiger partial charge in [-0.25, -0.2) is 0 Å². The molecule has 4 heteroatoms. The summed E-state index contributed by atoms with van der Waals surface area (Å²) in [6.07, 6.45) is 1.65. The molecule has 0 spiro atoms. The first-order valence-electron chi connectivity index (χ1n) is 6.66. The molecular formula is C17H15N3O. The molecule has 3 rings (SSSR count). The molecule has 0 saturated heterocycles. The Morgan fingerprint density at radius 1 is 1.14 bits per heavy atom. The van der Waals surface area contributed by atoms with E-state index in [1.165, 1.54) is 0 Å². The zero-order valence-electron chi connectivity index (χ0n) is 11.6. The van der Waals surface area contributed by atoms with Crippen LogP contribution in [0, 0.1) is 6.92 Å². The van der Waals surface area contributed by atoms with Crippen LogP contribution < -0.4 is 11.1 Å². The van der Waals surface area contributed by atoms with Gasteiger partial charge in [-0.3, -0.25) is 9.78 Å². The molecule has 104 valence electrons. The van der Waals surface area contributed by atoms with Crippen LogP contribution in [-0.4, -0.2) is 10.9 Å². The summed E-state index contributed by atoms with van der Waals surface area (Å²) in [5.41, 5.74) is 9.50. The van der Waals surface area contributed by atoms with Crippen molar-refractivity contribution in [2.45, 2.75) is 6.92 Å². The molecule has 3 aromatic rings. The number of carbonyl (C=O) groups excluding carboxylic acids is 1. The highest BCUT2D eigenvalue weighted by Gasteiger charge is 2.08. The first kappa shape index (κ1) is 13.1. The number of anilines is 2. The molecule has 4 nitrogen and oxygen atoms in total. The van der Waals surface area contributed by atoms with Gasteiger partial charge >= 0.3 is 0 Å². The molecule has 1 heterocycles. The van der Waals surface area contributed by atoms with Gasteiger partial charge in [-0.2, -0.15) is 0 Å². The molecule has 2 aromatic carbocycles. The van der Waals surface area contributed by atoms with E-state index < -0.39 is 0 Å². The average molecular weight is 277 g/mol. The molecule has 21 heavy (non-hydrogen) atoms. The highest BCUT2D eigenvalue weighted by atomic mass is 16.1. The van der Waals surface area contributed by atoms with Crippen LogP contribution in [0.4, 0.5) is 11.4 Å². The number of fused-ring (bicyclic) bond motifs is 1. The summed E-state index contributed by atoms with van der Waals surface area (Å²) in [4.78, 5) is 16.5. The molecule has 0 saturated carbocycles. The van der Waals surface area contributed by atoms with Crippen molar-refractivity contribution in [2.75, 3.05) is 11.1 Å². The zero-order valence-corrected chi connectivity index (χ0v) is 11.6. The Hall–Kier alpha value is -2.88. The lowest BCUT2D eigenvalue weighted by molar-refractivity contribution is 0.102. The Morgan fingerprint density at radius 3 is 2.76 bits per heavy atom. The third kappa shape index (κ3) is 2.69. The molecule has 3 N–H and O–H groups in total. The van der Waals surface area contributed by atoms with Crippen LogP contribution in [0.5, 0.6) is 0 Å². The number of benzene rings is 2. The standard InChI is InChI=1S/C17H15N3O/c1-11-6-7-13(9-15(11)18)17(21)20-14-8-12-4-2-3-5-16(12)19-10-14/h2-10H,18H2,1H3,(H,20,21). The fourth-order valence-electron chi connectivity index (χ4n) is 2.12. The number of nitrogens with zero attached hydrogens (tertiary/aromatic N) is 1. The molecule has 0 aliphatic rings. The fourth-order valence-corrected chi connectivity index (χ4v) is 2.12. The van der Waals surface area contributed by atoms with Gasteiger partial charge in [-0.1, -0.05) is 24.3 Å². The quantitative estimate of drug-likeness (QED) is 0.706. The Labute approximate surface area is 122 Å². The average Bonchev–Trinajstić information content (AvgIpc) is 2.50. The van der Waals surface area contributed by atoms with E-state index in [0.717, 1.165) is 16.5 Å². The van der Waals surface area contributed by atoms with E-state index in [1.54, 1.807) is 18.3 Å². The van der Waals surface area contributed by atoms with Crippen LogP contribution in [0.25, 0.3) is 10.9 Å². The fraction of sp³-hybridized carbons (Fsp3) is 0.0588. The number of pyridine rings is 1. The van der Waals surface area contributed by atoms with Crippen LogP contribution in [0.1, 0.15) is 15.9 Å². The highest BCUT2D eigenvalue weighted by molar-refractivity contribution is 6.05. The molecule has 1 aromatic heterocycles. The lowest BCUT2D eigenvalue weighted by atomic mass is 10.1. The number of para-hydroxylation sites is 1. The molecule has 0 aliphatic heterocycles. The van der Waals surface area contributed by atoms with Gasteiger partial charge in [0, 0.05) is 16.6 Å². The summed E-state index contributed by atoms with van der Waals surface area (Å²) >= 11 is 0. The lowest BCUT2D eigenvalue weighted by Crippen LogP contribution is -2.12. The van der Waals surface area contributed by atoms with Crippen molar-refractivity contribution in [3.63, 3.8) is 0 Å². The summed E-state index contributed by atoms with van der Waals surface area (Å²) in [6, 6.07) is 14.9. The molecule has 0 atom stereocenters. The van der Waals surface area contributed by atoms with Gasteiger partial charge in [0.25, 0.3) is 5.91 Å². The minimum absolute atomic E-state index is 0.196. The van der Waals surface area contributed by atoms with Gasteiger partial charge in [0.2, 0.25) is 0 Å². The number of aryl methyl sites for hydroxylation is 1. The number of hydrogen-bond acceptors (Lipinski definition) is 3. The smallest absolute Gasteiger partial charge is 0.255 e. The molecular weight excluding hydrogens is 262 g/mol. The third-order valence-electron chi connectivity index (χ3n) is 3.39. The number of hydrogen-bond donors (Lipinski definition) is 2. The first-order chi connectivity index (χ1) is 10.1. The van der Waals surface area contributed by atoms with Crippen molar-refractivity contribution >= 4 is 28.2 Å². The van der Waals surface area contributed by atoms with E-state index in [2.05, 4.69) is 10.3 Å². The van der Waals surface area contributed by atoms with Crippen molar-refractivity contribution in [1.82, 2.24) is 4.98 Å². The number of amides is 1. The van der Waals surface area contributed by atoms with E-state index >= 15 is 0 Å². The van der Waals surface area contributed by atoms with E-state index in [1.807, 2.05) is 43.3 Å². The summed E-state index contributed by atoms with van der Waals surface area (Å²) in [7, 11) is 0. The van der Waals surface area contributed by atoms with Gasteiger partial charge in [0.1, 0.15) is 0 Å². The monoisotopic (exact) mass is 277 g/mol. The number of carbonyl (C=O) groups is 1. The summed E-state index contributed by atoms with van der Waals surface area (Å²) in [5, 5.41) is 3.82. The maximum Gasteiger partial charge on any atom is 0.255 e. The Kier molecular flexibility index (Phi) is 3.28. The Bertz CT molecular complexity index is 827. The number of aromatic nitrogens is 1. The maximum atomic E-state index is 12.2. The predicted octanol–water partition coefficient (Wildman–Crippen LogP) is 3.38. The largest absolute Gasteiger partial charge is 0.398 e. The number of rotatable bonds is 2. The van der Waals surface area contributed by atoms with Crippen molar-refractivity contribution in [2.24, 2.45) is 0 Å². The second-order valence-corrected chi connectivity index (χ2v) is 4.94. The number of nitrogens with one attached hydrogen (secondary N) is 1. The molecule has 0 fully saturated rings. The SMILES string of the molecule is Cc1ccc(C(=O)Nc2cnc3ccccc3c2)cc1N. The van der Waals surface area contributed by atoms with Crippen LogP contribution in [0.2, 0.25) is 0 Å². The van der Waals surface area contributed by atoms with Gasteiger partial charge in [-0.15, -0.1) is 0 Å². The third-order valence-corrected chi connectivity index (χ3v) is 3.39. The van der Waals surface area contributed by atoms with E-state index in [9.17, 15) is 4.79 Å². The molecule has 0 aliphatic carbocycles. The summed E-state index contributed by atoms with van der Waals surface area (Å²) in [5.74, 6) is -0.196. The normalized spacial score (nSPS) is 10.5. The second kappa shape index (κ2) is 5.25. The van der Waals surface area contributed by atoms with Crippen LogP contribution in [-0.2, 0) is 0 Å². The topological polar surface area (TPSA) is 68.0 Å². The zero-order chi connectivity index (χ0) is 14.8. The summed E-state index contributed by atoms with van der Waals surface area (Å²) in [6.45, 7) is 1.91. The van der Waals surface area contributed by atoms with Gasteiger partial charge < -0.3 is 11.1 Å². The van der Waals surface area contributed by atoms with Crippen molar-refractivity contribution in [1.29, 1.82) is 0 Å². The van der Waals surface area contributed by atoms with Crippen LogP contribution >= 0.6 is 0 Å². The highest BCUT2D eigenvalue weighted by Crippen LogP contribution is 2.18. The molecule has 0 bridgehead atoms. The van der Waals surface area contributed by atoms with E-state index in [-0.39, 0.29) is 5.91 Å². The van der Waals surface area contributed by atoms with Crippen LogP contribution in [0.15, 0.2) is 54.7 Å². The minimum Gasteiger partial charge on any atom is -0.398 e. The predicted molar refractivity (Wildman–Crippen MR) is 85.3 cm³/mol. The first-order valence-corrected chi connectivity index (χ1v) is 6.66. The molecule has 1 amide bonds. The minimum atomic E-state index is -0.196.